The van der Waals surface area contributed by atoms with Crippen LogP contribution in [0.3, 0.4) is 0 Å². The molecule has 0 radical (unpaired) electrons. The van der Waals surface area contributed by atoms with Crippen molar-refractivity contribution in [3.63, 3.8) is 0 Å². The van der Waals surface area contributed by atoms with Crippen molar-refractivity contribution in [1.82, 2.24) is 5.32 Å². The molecule has 1 heterocycles. The molecule has 0 spiro atoms. The molecule has 21 heavy (non-hydrogen) atoms. The van der Waals surface area contributed by atoms with Gasteiger partial charge in [0.25, 0.3) is 0 Å². The van der Waals surface area contributed by atoms with Crippen molar-refractivity contribution in [2.45, 2.75) is 25.5 Å². The Kier molecular flexibility index (Phi) is 5.57. The topological polar surface area (TPSA) is 84.9 Å². The average Bonchev–Trinajstić information content (AvgIpc) is 2.99. The first-order valence-corrected chi connectivity index (χ1v) is 6.92. The summed E-state index contributed by atoms with van der Waals surface area (Å²) in [4.78, 5) is 22.7. The molecule has 1 amide bonds. The molecule has 2 rings (SSSR count). The number of alkyl carbamates (subject to hydrolysis) is 1. The maximum atomic E-state index is 11.8. The number of carbonyl (C=O) groups excluding carboxylic acids is 1. The zero-order valence-electron chi connectivity index (χ0n) is 11.7. The summed E-state index contributed by atoms with van der Waals surface area (Å²) in [6.07, 6.45) is 0.0164. The fourth-order valence-electron chi connectivity index (χ4n) is 2.31. The van der Waals surface area contributed by atoms with Crippen molar-refractivity contribution in [3.05, 3.63) is 35.9 Å². The van der Waals surface area contributed by atoms with Crippen LogP contribution in [0.5, 0.6) is 0 Å². The number of hydrogen-bond acceptors (Lipinski definition) is 4. The lowest BCUT2D eigenvalue weighted by atomic mass is 9.96. The molecule has 6 heteroatoms. The largest absolute Gasteiger partial charge is 0.481 e. The Balaban J connectivity index is 1.83. The first-order valence-electron chi connectivity index (χ1n) is 6.92. The van der Waals surface area contributed by atoms with E-state index in [0.717, 1.165) is 12.0 Å². The number of carbonyl (C=O) groups is 2. The van der Waals surface area contributed by atoms with Crippen LogP contribution < -0.4 is 5.32 Å². The maximum Gasteiger partial charge on any atom is 0.407 e. The summed E-state index contributed by atoms with van der Waals surface area (Å²) in [6.45, 7) is 1.23. The van der Waals surface area contributed by atoms with Crippen LogP contribution in [0.15, 0.2) is 30.3 Å². The Bertz CT molecular complexity index is 470. The highest BCUT2D eigenvalue weighted by atomic mass is 16.5. The van der Waals surface area contributed by atoms with Crippen molar-refractivity contribution in [2.75, 3.05) is 13.2 Å². The van der Waals surface area contributed by atoms with Crippen molar-refractivity contribution < 1.29 is 24.2 Å². The number of aliphatic carboxylic acids is 1. The van der Waals surface area contributed by atoms with Crippen molar-refractivity contribution in [2.24, 2.45) is 5.92 Å². The summed E-state index contributed by atoms with van der Waals surface area (Å²) in [7, 11) is 0. The number of nitrogens with one attached hydrogen (secondary N) is 1. The van der Waals surface area contributed by atoms with Crippen LogP contribution in [0.1, 0.15) is 18.4 Å². The van der Waals surface area contributed by atoms with Gasteiger partial charge >= 0.3 is 12.1 Å². The van der Waals surface area contributed by atoms with E-state index in [0.29, 0.717) is 13.2 Å². The average molecular weight is 293 g/mol. The highest BCUT2D eigenvalue weighted by molar-refractivity contribution is 5.71. The van der Waals surface area contributed by atoms with Gasteiger partial charge in [-0.3, -0.25) is 4.79 Å². The molecule has 114 valence electrons. The second kappa shape index (κ2) is 7.64. The van der Waals surface area contributed by atoms with E-state index in [-0.39, 0.29) is 18.9 Å². The molecule has 1 aliphatic heterocycles. The van der Waals surface area contributed by atoms with Crippen molar-refractivity contribution in [1.29, 1.82) is 0 Å². The molecule has 1 fully saturated rings. The van der Waals surface area contributed by atoms with Gasteiger partial charge < -0.3 is 19.9 Å². The van der Waals surface area contributed by atoms with E-state index >= 15 is 0 Å². The molecule has 1 unspecified atom stereocenters. The van der Waals surface area contributed by atoms with Crippen molar-refractivity contribution >= 4 is 12.1 Å². The number of rotatable bonds is 6. The van der Waals surface area contributed by atoms with Gasteiger partial charge in [-0.05, 0) is 12.0 Å². The molecule has 1 saturated heterocycles. The van der Waals surface area contributed by atoms with E-state index in [1.807, 2.05) is 30.3 Å². The Labute approximate surface area is 123 Å². The van der Waals surface area contributed by atoms with Gasteiger partial charge in [0.1, 0.15) is 6.61 Å². The molecule has 1 aliphatic rings. The molecule has 1 aromatic carbocycles. The number of carboxylic acid groups (broad SMARTS) is 1. The van der Waals surface area contributed by atoms with E-state index in [1.54, 1.807) is 0 Å². The van der Waals surface area contributed by atoms with Gasteiger partial charge in [-0.1, -0.05) is 30.3 Å². The minimum atomic E-state index is -0.949. The van der Waals surface area contributed by atoms with Gasteiger partial charge in [-0.25, -0.2) is 4.79 Å². The van der Waals surface area contributed by atoms with Gasteiger partial charge in [-0.2, -0.15) is 0 Å². The first kappa shape index (κ1) is 15.3. The number of carboxylic acids is 1. The Hall–Kier alpha value is -2.08. The van der Waals surface area contributed by atoms with E-state index in [9.17, 15) is 9.59 Å². The molecule has 2 atom stereocenters. The van der Waals surface area contributed by atoms with Crippen LogP contribution in [0.25, 0.3) is 0 Å². The van der Waals surface area contributed by atoms with Crippen LogP contribution >= 0.6 is 0 Å². The quantitative estimate of drug-likeness (QED) is 0.835. The normalized spacial score (nSPS) is 19.0. The van der Waals surface area contributed by atoms with Gasteiger partial charge in [0, 0.05) is 18.6 Å². The van der Waals surface area contributed by atoms with Crippen molar-refractivity contribution in [3.8, 4) is 0 Å². The summed E-state index contributed by atoms with van der Waals surface area (Å²) in [6, 6.07) is 8.85. The van der Waals surface area contributed by atoms with Crippen LogP contribution in [-0.2, 0) is 20.9 Å². The van der Waals surface area contributed by atoms with Crippen LogP contribution in [-0.4, -0.2) is 36.4 Å². The predicted molar refractivity (Wildman–Crippen MR) is 74.7 cm³/mol. The van der Waals surface area contributed by atoms with E-state index < -0.39 is 18.1 Å². The lowest BCUT2D eigenvalue weighted by Gasteiger charge is -2.21. The highest BCUT2D eigenvalue weighted by Crippen LogP contribution is 2.19. The van der Waals surface area contributed by atoms with Crippen LogP contribution in [0.4, 0.5) is 4.79 Å². The van der Waals surface area contributed by atoms with E-state index in [4.69, 9.17) is 14.6 Å². The third-order valence-electron chi connectivity index (χ3n) is 3.44. The monoisotopic (exact) mass is 293 g/mol. The Morgan fingerprint density at radius 3 is 2.76 bits per heavy atom. The molecule has 2 N–H and O–H groups in total. The minimum Gasteiger partial charge on any atom is -0.481 e. The molecule has 0 saturated carbocycles. The van der Waals surface area contributed by atoms with Gasteiger partial charge in [0.15, 0.2) is 0 Å². The third-order valence-corrected chi connectivity index (χ3v) is 3.44. The maximum absolute atomic E-state index is 11.8. The fourth-order valence-corrected chi connectivity index (χ4v) is 2.31. The minimum absolute atomic E-state index is 0.0189. The summed E-state index contributed by atoms with van der Waals surface area (Å²) in [5, 5.41) is 11.6. The second-order valence-electron chi connectivity index (χ2n) is 5.03. The molecule has 6 nitrogen and oxygen atoms in total. The first-order chi connectivity index (χ1) is 10.1. The smallest absolute Gasteiger partial charge is 0.407 e. The van der Waals surface area contributed by atoms with E-state index in [2.05, 4.69) is 5.32 Å². The molecule has 0 bridgehead atoms. The number of hydrogen-bond donors (Lipinski definition) is 2. The molecular formula is C15H19NO5. The van der Waals surface area contributed by atoms with Crippen LogP contribution in [0.2, 0.25) is 0 Å². The van der Waals surface area contributed by atoms with Gasteiger partial charge in [-0.15, -0.1) is 0 Å². The number of ether oxygens (including phenoxy) is 2. The Morgan fingerprint density at radius 1 is 1.38 bits per heavy atom. The van der Waals surface area contributed by atoms with Crippen LogP contribution in [0, 0.1) is 5.92 Å². The summed E-state index contributed by atoms with van der Waals surface area (Å²) in [5.74, 6) is -0.930. The summed E-state index contributed by atoms with van der Waals surface area (Å²) < 4.78 is 10.4. The standard InChI is InChI=1S/C15H19NO5/c17-14(18)8-13(12-6-7-20-10-12)16-15(19)21-9-11-4-2-1-3-5-11/h1-5,12-13H,6-10H2,(H,16,19)(H,17,18)/t12?,13-/m1/s1. The molecular weight excluding hydrogens is 274 g/mol. The molecule has 0 aromatic heterocycles. The second-order valence-corrected chi connectivity index (χ2v) is 5.03. The molecule has 0 aliphatic carbocycles. The predicted octanol–water partition coefficient (Wildman–Crippen LogP) is 1.79. The lowest BCUT2D eigenvalue weighted by Crippen LogP contribution is -2.42. The Morgan fingerprint density at radius 2 is 2.14 bits per heavy atom. The van der Waals surface area contributed by atoms with E-state index in [1.165, 1.54) is 0 Å². The highest BCUT2D eigenvalue weighted by Gasteiger charge is 2.29. The lowest BCUT2D eigenvalue weighted by molar-refractivity contribution is -0.137. The summed E-state index contributed by atoms with van der Waals surface area (Å²) >= 11 is 0. The SMILES string of the molecule is O=C(O)C[C@@H](NC(=O)OCc1ccccc1)C1CCOC1. The third kappa shape index (κ3) is 5.07. The molecule has 1 aromatic rings. The van der Waals surface area contributed by atoms with Gasteiger partial charge in [0.05, 0.1) is 13.0 Å². The number of benzene rings is 1. The zero-order chi connectivity index (χ0) is 15.1. The fraction of sp³-hybridized carbons (Fsp3) is 0.467. The van der Waals surface area contributed by atoms with Gasteiger partial charge in [0.2, 0.25) is 0 Å². The zero-order valence-corrected chi connectivity index (χ0v) is 11.7. The summed E-state index contributed by atoms with van der Waals surface area (Å²) in [5.41, 5.74) is 0.881. The number of amides is 1.